The summed E-state index contributed by atoms with van der Waals surface area (Å²) in [4.78, 5) is 28.7. The fourth-order valence-electron chi connectivity index (χ4n) is 4.88. The Morgan fingerprint density at radius 3 is 2.12 bits per heavy atom. The van der Waals surface area contributed by atoms with Gasteiger partial charge in [-0.15, -0.1) is 0 Å². The lowest BCUT2D eigenvalue weighted by atomic mass is 9.69. The second kappa shape index (κ2) is 8.34. The average Bonchev–Trinajstić information content (AvgIpc) is 2.77. The van der Waals surface area contributed by atoms with Gasteiger partial charge in [0.1, 0.15) is 5.75 Å². The van der Waals surface area contributed by atoms with Gasteiger partial charge in [-0.2, -0.15) is 0 Å². The van der Waals surface area contributed by atoms with E-state index in [1.165, 1.54) is 0 Å². The Hall–Kier alpha value is -3.28. The van der Waals surface area contributed by atoms with E-state index >= 15 is 0 Å². The van der Waals surface area contributed by atoms with Gasteiger partial charge in [0.15, 0.2) is 17.3 Å². The second-order valence-corrected chi connectivity index (χ2v) is 9.07. The second-order valence-electron chi connectivity index (χ2n) is 9.07. The molecule has 0 bridgehead atoms. The van der Waals surface area contributed by atoms with E-state index in [4.69, 9.17) is 14.2 Å². The van der Waals surface area contributed by atoms with Crippen molar-refractivity contribution < 1.29 is 23.8 Å². The molecule has 1 amide bonds. The minimum Gasteiger partial charge on any atom is -0.496 e. The molecule has 0 aromatic heterocycles. The monoisotopic (exact) mass is 435 g/mol. The number of hydrogen-bond donors (Lipinski definition) is 0. The molecule has 32 heavy (non-hydrogen) atoms. The van der Waals surface area contributed by atoms with E-state index in [0.29, 0.717) is 35.7 Å². The van der Waals surface area contributed by atoms with E-state index < -0.39 is 5.92 Å². The van der Waals surface area contributed by atoms with Crippen LogP contribution in [-0.2, 0) is 9.59 Å². The maximum Gasteiger partial charge on any atom is 0.232 e. The standard InChI is InChI=1S/C26H29NO5/c1-26(2)14-19-25(20(28)15-26)18(12-24(29)27(19)16-9-7-6-8-10-16)17-11-22(31-4)23(32-5)13-21(17)30-3/h6-11,13,18H,12,14-15H2,1-5H3. The highest BCUT2D eigenvalue weighted by Crippen LogP contribution is 2.50. The normalized spacial score (nSPS) is 20.2. The lowest BCUT2D eigenvalue weighted by molar-refractivity contribution is -0.121. The summed E-state index contributed by atoms with van der Waals surface area (Å²) < 4.78 is 16.6. The number of hydrogen-bond acceptors (Lipinski definition) is 5. The van der Waals surface area contributed by atoms with Crippen LogP contribution in [-0.4, -0.2) is 33.0 Å². The maximum atomic E-state index is 13.5. The van der Waals surface area contributed by atoms with Crippen molar-refractivity contribution in [1.29, 1.82) is 0 Å². The number of methoxy groups -OCH3 is 3. The van der Waals surface area contributed by atoms with Crippen LogP contribution >= 0.6 is 0 Å². The van der Waals surface area contributed by atoms with Crippen molar-refractivity contribution in [3.8, 4) is 17.2 Å². The minimum atomic E-state index is -0.407. The van der Waals surface area contributed by atoms with Crippen molar-refractivity contribution >= 4 is 17.4 Å². The number of ketones is 1. The quantitative estimate of drug-likeness (QED) is 0.670. The van der Waals surface area contributed by atoms with Crippen molar-refractivity contribution in [2.75, 3.05) is 26.2 Å². The number of nitrogens with zero attached hydrogens (tertiary/aromatic N) is 1. The molecule has 4 rings (SSSR count). The van der Waals surface area contributed by atoms with Gasteiger partial charge in [0.25, 0.3) is 0 Å². The number of anilines is 1. The number of allylic oxidation sites excluding steroid dienone is 2. The zero-order valence-corrected chi connectivity index (χ0v) is 19.2. The molecule has 1 aliphatic carbocycles. The first-order chi connectivity index (χ1) is 15.3. The van der Waals surface area contributed by atoms with Crippen LogP contribution in [0.2, 0.25) is 0 Å². The SMILES string of the molecule is COc1cc(OC)c(C2CC(=O)N(c3ccccc3)C3=C2C(=O)CC(C)(C)C3)cc1OC. The highest BCUT2D eigenvalue weighted by molar-refractivity contribution is 6.08. The molecule has 0 fully saturated rings. The van der Waals surface area contributed by atoms with Gasteiger partial charge in [0, 0.05) is 47.3 Å². The fraction of sp³-hybridized carbons (Fsp3) is 0.385. The molecule has 6 nitrogen and oxygen atoms in total. The molecule has 0 spiro atoms. The third-order valence-electron chi connectivity index (χ3n) is 6.27. The molecule has 1 aliphatic heterocycles. The summed E-state index contributed by atoms with van der Waals surface area (Å²) in [7, 11) is 4.70. The first kappa shape index (κ1) is 21.9. The van der Waals surface area contributed by atoms with Crippen LogP contribution in [0.3, 0.4) is 0 Å². The fourth-order valence-corrected chi connectivity index (χ4v) is 4.88. The summed E-state index contributed by atoms with van der Waals surface area (Å²) in [5, 5.41) is 0. The van der Waals surface area contributed by atoms with Crippen molar-refractivity contribution in [2.24, 2.45) is 5.41 Å². The van der Waals surface area contributed by atoms with E-state index in [-0.39, 0.29) is 23.5 Å². The van der Waals surface area contributed by atoms with Gasteiger partial charge in [-0.25, -0.2) is 0 Å². The molecule has 0 radical (unpaired) electrons. The highest BCUT2D eigenvalue weighted by atomic mass is 16.5. The summed E-state index contributed by atoms with van der Waals surface area (Å²) in [6.07, 6.45) is 1.25. The van der Waals surface area contributed by atoms with E-state index in [0.717, 1.165) is 16.9 Å². The molecular weight excluding hydrogens is 406 g/mol. The van der Waals surface area contributed by atoms with Crippen LogP contribution in [0.5, 0.6) is 17.2 Å². The Morgan fingerprint density at radius 2 is 1.50 bits per heavy atom. The van der Waals surface area contributed by atoms with Gasteiger partial charge in [0.05, 0.1) is 21.3 Å². The summed E-state index contributed by atoms with van der Waals surface area (Å²) >= 11 is 0. The maximum absolute atomic E-state index is 13.5. The highest BCUT2D eigenvalue weighted by Gasteiger charge is 2.45. The lowest BCUT2D eigenvalue weighted by Gasteiger charge is -2.43. The van der Waals surface area contributed by atoms with Gasteiger partial charge >= 0.3 is 0 Å². The first-order valence-corrected chi connectivity index (χ1v) is 10.7. The first-order valence-electron chi connectivity index (χ1n) is 10.7. The molecule has 2 aromatic carbocycles. The number of para-hydroxylation sites is 1. The van der Waals surface area contributed by atoms with Crippen LogP contribution < -0.4 is 19.1 Å². The topological polar surface area (TPSA) is 65.1 Å². The Morgan fingerprint density at radius 1 is 0.875 bits per heavy atom. The number of benzene rings is 2. The van der Waals surface area contributed by atoms with Crippen LogP contribution in [0.1, 0.15) is 44.6 Å². The zero-order chi connectivity index (χ0) is 23.0. The van der Waals surface area contributed by atoms with E-state index in [1.807, 2.05) is 36.4 Å². The van der Waals surface area contributed by atoms with Crippen LogP contribution in [0.15, 0.2) is 53.7 Å². The molecule has 1 atom stereocenters. The van der Waals surface area contributed by atoms with Gasteiger partial charge in [-0.1, -0.05) is 32.0 Å². The van der Waals surface area contributed by atoms with E-state index in [1.54, 1.807) is 32.3 Å². The largest absolute Gasteiger partial charge is 0.496 e. The van der Waals surface area contributed by atoms with Crippen LogP contribution in [0.25, 0.3) is 0 Å². The molecular formula is C26H29NO5. The molecule has 2 aromatic rings. The van der Waals surface area contributed by atoms with E-state index in [9.17, 15) is 9.59 Å². The predicted molar refractivity (Wildman–Crippen MR) is 122 cm³/mol. The van der Waals surface area contributed by atoms with Gasteiger partial charge in [-0.3, -0.25) is 14.5 Å². The number of amides is 1. The van der Waals surface area contributed by atoms with Gasteiger partial charge in [0.2, 0.25) is 5.91 Å². The van der Waals surface area contributed by atoms with Crippen LogP contribution in [0.4, 0.5) is 5.69 Å². The Labute approximate surface area is 188 Å². The molecule has 2 aliphatic rings. The van der Waals surface area contributed by atoms with Crippen molar-refractivity contribution in [2.45, 2.75) is 39.0 Å². The Balaban J connectivity index is 1.94. The summed E-state index contributed by atoms with van der Waals surface area (Å²) in [5.74, 6) is 1.26. The average molecular weight is 436 g/mol. The number of carbonyl (C=O) groups excluding carboxylic acids is 2. The molecule has 0 saturated carbocycles. The van der Waals surface area contributed by atoms with Crippen LogP contribution in [0, 0.1) is 5.41 Å². The minimum absolute atomic E-state index is 0.0395. The number of ether oxygens (including phenoxy) is 3. The number of Topliss-reactive ketones (excluding diaryl/α,β-unsaturated/α-hetero) is 1. The lowest BCUT2D eigenvalue weighted by Crippen LogP contribution is -2.43. The molecule has 0 saturated heterocycles. The third kappa shape index (κ3) is 3.74. The number of rotatable bonds is 5. The van der Waals surface area contributed by atoms with Crippen molar-refractivity contribution in [1.82, 2.24) is 0 Å². The molecule has 1 heterocycles. The van der Waals surface area contributed by atoms with Gasteiger partial charge in [-0.05, 0) is 30.0 Å². The molecule has 168 valence electrons. The Bertz CT molecular complexity index is 1090. The number of carbonyl (C=O) groups is 2. The molecule has 1 unspecified atom stereocenters. The Kier molecular flexibility index (Phi) is 5.71. The smallest absolute Gasteiger partial charge is 0.232 e. The summed E-state index contributed by atoms with van der Waals surface area (Å²) in [5.41, 5.74) is 2.79. The summed E-state index contributed by atoms with van der Waals surface area (Å²) in [6, 6.07) is 13.1. The summed E-state index contributed by atoms with van der Waals surface area (Å²) in [6.45, 7) is 4.14. The van der Waals surface area contributed by atoms with Crippen molar-refractivity contribution in [3.05, 3.63) is 59.3 Å². The van der Waals surface area contributed by atoms with Crippen molar-refractivity contribution in [3.63, 3.8) is 0 Å². The zero-order valence-electron chi connectivity index (χ0n) is 19.2. The molecule has 6 heteroatoms. The van der Waals surface area contributed by atoms with Gasteiger partial charge < -0.3 is 14.2 Å². The van der Waals surface area contributed by atoms with E-state index in [2.05, 4.69) is 13.8 Å². The molecule has 0 N–H and O–H groups in total. The predicted octanol–water partition coefficient (Wildman–Crippen LogP) is 4.88. The third-order valence-corrected chi connectivity index (χ3v) is 6.27.